The minimum Gasteiger partial charge on any atom is -0.367 e. The van der Waals surface area contributed by atoms with Crippen molar-refractivity contribution < 1.29 is 4.39 Å². The van der Waals surface area contributed by atoms with Crippen LogP contribution in [0.15, 0.2) is 29.5 Å². The molecule has 0 spiro atoms. The van der Waals surface area contributed by atoms with Gasteiger partial charge >= 0.3 is 0 Å². The van der Waals surface area contributed by atoms with Crippen molar-refractivity contribution in [1.29, 1.82) is 0 Å². The number of hydrogen-bond donors (Lipinski definition) is 2. The molecule has 0 saturated carbocycles. The molecule has 3 heterocycles. The number of hydrogen-bond acceptors (Lipinski definition) is 5. The Hall–Kier alpha value is -1.95. The van der Waals surface area contributed by atoms with E-state index in [4.69, 9.17) is 0 Å². The van der Waals surface area contributed by atoms with Crippen LogP contribution in [0.3, 0.4) is 0 Å². The normalized spacial score (nSPS) is 18.5. The number of anilines is 1. The van der Waals surface area contributed by atoms with Crippen LogP contribution in [0, 0.1) is 5.82 Å². The van der Waals surface area contributed by atoms with Gasteiger partial charge in [0.15, 0.2) is 5.96 Å². The van der Waals surface area contributed by atoms with Gasteiger partial charge in [0, 0.05) is 58.8 Å². The Kier molecular flexibility index (Phi) is 9.09. The fraction of sp³-hybridized carbons (Fsp3) is 0.591. The molecular formula is C22H34FIN8. The number of piperidine rings is 1. The molecule has 0 bridgehead atoms. The summed E-state index contributed by atoms with van der Waals surface area (Å²) in [5.41, 5.74) is 1.63. The molecule has 2 aliphatic heterocycles. The smallest absolute Gasteiger partial charge is 0.193 e. The molecule has 176 valence electrons. The largest absolute Gasteiger partial charge is 0.367 e. The molecule has 4 rings (SSSR count). The Labute approximate surface area is 206 Å². The van der Waals surface area contributed by atoms with Crippen molar-refractivity contribution in [3.8, 4) is 0 Å². The zero-order chi connectivity index (χ0) is 21.6. The van der Waals surface area contributed by atoms with Crippen LogP contribution in [0.4, 0.5) is 10.1 Å². The second-order valence-electron chi connectivity index (χ2n) is 8.24. The SMILES string of the molecule is CCN1CCN(c2ccc(CNC(=NC)N3CCC(c4ncn[nH]4)CC3)cc2F)CC1.I. The van der Waals surface area contributed by atoms with E-state index < -0.39 is 0 Å². The lowest BCUT2D eigenvalue weighted by atomic mass is 9.96. The molecule has 10 heteroatoms. The van der Waals surface area contributed by atoms with Crippen molar-refractivity contribution in [1.82, 2.24) is 30.3 Å². The fourth-order valence-corrected chi connectivity index (χ4v) is 4.51. The number of aromatic nitrogens is 3. The van der Waals surface area contributed by atoms with Gasteiger partial charge in [0.1, 0.15) is 18.0 Å². The van der Waals surface area contributed by atoms with Crippen LogP contribution in [0.2, 0.25) is 0 Å². The monoisotopic (exact) mass is 556 g/mol. The van der Waals surface area contributed by atoms with Gasteiger partial charge < -0.3 is 20.0 Å². The summed E-state index contributed by atoms with van der Waals surface area (Å²) in [5, 5.41) is 10.3. The van der Waals surface area contributed by atoms with E-state index in [1.54, 1.807) is 19.4 Å². The molecule has 8 nitrogen and oxygen atoms in total. The van der Waals surface area contributed by atoms with Gasteiger partial charge in [-0.25, -0.2) is 9.37 Å². The quantitative estimate of drug-likeness (QED) is 0.335. The van der Waals surface area contributed by atoms with Crippen molar-refractivity contribution in [3.05, 3.63) is 41.7 Å². The molecule has 2 aromatic rings. The highest BCUT2D eigenvalue weighted by Crippen LogP contribution is 2.25. The van der Waals surface area contributed by atoms with Gasteiger partial charge in [-0.05, 0) is 37.1 Å². The molecule has 1 aromatic carbocycles. The first kappa shape index (κ1) is 24.7. The number of nitrogens with zero attached hydrogens (tertiary/aromatic N) is 6. The standard InChI is InChI=1S/C22H33FN8.HI/c1-3-29-10-12-30(13-11-29)20-5-4-17(14-19(20)23)15-25-22(24-2)31-8-6-18(7-9-31)21-26-16-27-28-21;/h4-5,14,16,18H,3,6-13,15H2,1-2H3,(H,24,25)(H,26,27,28);1H. The number of piperazine rings is 1. The lowest BCUT2D eigenvalue weighted by Crippen LogP contribution is -2.46. The van der Waals surface area contributed by atoms with Crippen LogP contribution in [0.1, 0.15) is 37.1 Å². The van der Waals surface area contributed by atoms with Crippen LogP contribution in [-0.2, 0) is 6.54 Å². The zero-order valence-corrected chi connectivity index (χ0v) is 21.3. The number of likely N-dealkylation sites (N-methyl/N-ethyl adjacent to an activating group) is 1. The molecule has 0 unspecified atom stereocenters. The molecule has 2 aliphatic rings. The molecule has 2 N–H and O–H groups in total. The second-order valence-corrected chi connectivity index (χ2v) is 8.24. The van der Waals surface area contributed by atoms with E-state index in [1.165, 1.54) is 0 Å². The number of nitrogens with one attached hydrogen (secondary N) is 2. The van der Waals surface area contributed by atoms with Crippen molar-refractivity contribution >= 4 is 35.6 Å². The second kappa shape index (κ2) is 11.8. The first-order valence-corrected chi connectivity index (χ1v) is 11.2. The Morgan fingerprint density at radius 3 is 2.53 bits per heavy atom. The number of aliphatic imine (C=N–C) groups is 1. The van der Waals surface area contributed by atoms with Gasteiger partial charge in [0.05, 0.1) is 5.69 Å². The van der Waals surface area contributed by atoms with Crippen molar-refractivity contribution in [2.45, 2.75) is 32.2 Å². The van der Waals surface area contributed by atoms with E-state index >= 15 is 0 Å². The van der Waals surface area contributed by atoms with Gasteiger partial charge in [-0.3, -0.25) is 10.1 Å². The molecule has 32 heavy (non-hydrogen) atoms. The lowest BCUT2D eigenvalue weighted by Gasteiger charge is -2.35. The number of rotatable bonds is 5. The van der Waals surface area contributed by atoms with Crippen molar-refractivity contribution in [2.24, 2.45) is 4.99 Å². The number of halogens is 2. The summed E-state index contributed by atoms with van der Waals surface area (Å²) >= 11 is 0. The third-order valence-corrected chi connectivity index (χ3v) is 6.45. The minimum absolute atomic E-state index is 0. The molecule has 0 radical (unpaired) electrons. The average molecular weight is 556 g/mol. The molecule has 0 aliphatic carbocycles. The molecule has 0 amide bonds. The number of aromatic amines is 1. The number of likely N-dealkylation sites (tertiary alicyclic amines) is 1. The van der Waals surface area contributed by atoms with Crippen LogP contribution in [-0.4, -0.2) is 83.8 Å². The topological polar surface area (TPSA) is 75.7 Å². The van der Waals surface area contributed by atoms with Gasteiger partial charge in [0.2, 0.25) is 0 Å². The van der Waals surface area contributed by atoms with Crippen LogP contribution < -0.4 is 10.2 Å². The predicted molar refractivity (Wildman–Crippen MR) is 136 cm³/mol. The third kappa shape index (κ3) is 5.89. The highest BCUT2D eigenvalue weighted by Gasteiger charge is 2.24. The summed E-state index contributed by atoms with van der Waals surface area (Å²) in [6, 6.07) is 5.58. The summed E-state index contributed by atoms with van der Waals surface area (Å²) in [5.74, 6) is 2.09. The van der Waals surface area contributed by atoms with Gasteiger partial charge in [-0.2, -0.15) is 5.10 Å². The van der Waals surface area contributed by atoms with Crippen molar-refractivity contribution in [2.75, 3.05) is 57.8 Å². The maximum atomic E-state index is 14.8. The average Bonchev–Trinajstić information content (AvgIpc) is 3.35. The van der Waals surface area contributed by atoms with Crippen LogP contribution in [0.5, 0.6) is 0 Å². The van der Waals surface area contributed by atoms with E-state index in [2.05, 4.69) is 47.1 Å². The highest BCUT2D eigenvalue weighted by molar-refractivity contribution is 14.0. The Balaban J connectivity index is 0.00000289. The number of guanidine groups is 1. The van der Waals surface area contributed by atoms with E-state index in [0.717, 1.165) is 76.0 Å². The number of H-pyrrole nitrogens is 1. The summed E-state index contributed by atoms with van der Waals surface area (Å²) in [6.45, 7) is 9.31. The summed E-state index contributed by atoms with van der Waals surface area (Å²) in [6.07, 6.45) is 3.58. The van der Waals surface area contributed by atoms with Crippen molar-refractivity contribution in [3.63, 3.8) is 0 Å². The predicted octanol–water partition coefficient (Wildman–Crippen LogP) is 2.66. The Bertz CT molecular complexity index is 859. The van der Waals surface area contributed by atoms with Gasteiger partial charge in [-0.1, -0.05) is 13.0 Å². The first-order valence-electron chi connectivity index (χ1n) is 11.2. The van der Waals surface area contributed by atoms with E-state index in [0.29, 0.717) is 18.2 Å². The van der Waals surface area contributed by atoms with Gasteiger partial charge in [-0.15, -0.1) is 24.0 Å². The van der Waals surface area contributed by atoms with E-state index in [9.17, 15) is 4.39 Å². The van der Waals surface area contributed by atoms with E-state index in [-0.39, 0.29) is 29.8 Å². The van der Waals surface area contributed by atoms with Crippen LogP contribution >= 0.6 is 24.0 Å². The maximum absolute atomic E-state index is 14.8. The Morgan fingerprint density at radius 2 is 1.94 bits per heavy atom. The molecule has 2 saturated heterocycles. The molecule has 0 atom stereocenters. The number of benzene rings is 1. The maximum Gasteiger partial charge on any atom is 0.193 e. The third-order valence-electron chi connectivity index (χ3n) is 6.45. The Morgan fingerprint density at radius 1 is 1.19 bits per heavy atom. The lowest BCUT2D eigenvalue weighted by molar-refractivity contribution is 0.270. The molecule has 1 aromatic heterocycles. The minimum atomic E-state index is -0.146. The summed E-state index contributed by atoms with van der Waals surface area (Å²) in [7, 11) is 1.80. The van der Waals surface area contributed by atoms with Gasteiger partial charge in [0.25, 0.3) is 0 Å². The molecule has 2 fully saturated rings. The van der Waals surface area contributed by atoms with Crippen LogP contribution in [0.25, 0.3) is 0 Å². The zero-order valence-electron chi connectivity index (χ0n) is 18.9. The van der Waals surface area contributed by atoms with E-state index in [1.807, 2.05) is 12.1 Å². The summed E-state index contributed by atoms with van der Waals surface area (Å²) in [4.78, 5) is 15.5. The summed E-state index contributed by atoms with van der Waals surface area (Å²) < 4.78 is 14.8. The first-order chi connectivity index (χ1) is 15.2. The highest BCUT2D eigenvalue weighted by atomic mass is 127. The molecular weight excluding hydrogens is 522 g/mol. The fourth-order valence-electron chi connectivity index (χ4n) is 4.51.